The predicted octanol–water partition coefficient (Wildman–Crippen LogP) is 3.36. The number of hydrogen-bond donors (Lipinski definition) is 0. The van der Waals surface area contributed by atoms with Gasteiger partial charge in [-0.3, -0.25) is 0 Å². The molecule has 0 aliphatic carbocycles. The fraction of sp³-hybridized carbons (Fsp3) is 0.167. The summed E-state index contributed by atoms with van der Waals surface area (Å²) < 4.78 is 6.32. The molecule has 1 aromatic carbocycles. The minimum Gasteiger partial charge on any atom is -0.461 e. The van der Waals surface area contributed by atoms with Gasteiger partial charge in [0.2, 0.25) is 0 Å². The first-order valence-corrected chi connectivity index (χ1v) is 6.06. The van der Waals surface area contributed by atoms with Gasteiger partial charge < -0.3 is 4.74 Å². The van der Waals surface area contributed by atoms with E-state index >= 15 is 0 Å². The zero-order valence-electron chi connectivity index (χ0n) is 9.56. The molecule has 0 unspecified atom stereocenters. The van der Waals surface area contributed by atoms with Crippen LogP contribution >= 0.6 is 23.2 Å². The molecule has 0 saturated carbocycles. The Morgan fingerprint density at radius 2 is 2.00 bits per heavy atom. The van der Waals surface area contributed by atoms with E-state index in [-0.39, 0.29) is 5.69 Å². The maximum Gasteiger partial charge on any atom is 0.357 e. The molecule has 2 rings (SSSR count). The third-order valence-electron chi connectivity index (χ3n) is 2.28. The lowest BCUT2D eigenvalue weighted by atomic mass is 10.3. The molecular weight excluding hydrogens is 275 g/mol. The van der Waals surface area contributed by atoms with E-state index in [1.807, 2.05) is 0 Å². The number of para-hydroxylation sites is 1. The molecule has 6 heteroatoms. The minimum absolute atomic E-state index is 0.284. The van der Waals surface area contributed by atoms with E-state index < -0.39 is 5.97 Å². The molecule has 0 spiro atoms. The van der Waals surface area contributed by atoms with Crippen molar-refractivity contribution in [2.45, 2.75) is 6.92 Å². The van der Waals surface area contributed by atoms with Gasteiger partial charge in [-0.1, -0.05) is 29.3 Å². The average Bonchev–Trinajstić information content (AvgIpc) is 2.78. The van der Waals surface area contributed by atoms with Gasteiger partial charge in [-0.2, -0.15) is 5.10 Å². The lowest BCUT2D eigenvalue weighted by molar-refractivity contribution is 0.0516. The Bertz CT molecular complexity index is 561. The zero-order valence-corrected chi connectivity index (χ0v) is 11.1. The molecule has 0 N–H and O–H groups in total. The number of esters is 1. The molecule has 0 bridgehead atoms. The van der Waals surface area contributed by atoms with Crippen LogP contribution in [0.5, 0.6) is 0 Å². The molecule has 1 heterocycles. The summed E-state index contributed by atoms with van der Waals surface area (Å²) in [5, 5.41) is 4.89. The predicted molar refractivity (Wildman–Crippen MR) is 69.5 cm³/mol. The van der Waals surface area contributed by atoms with Gasteiger partial charge in [0, 0.05) is 0 Å². The average molecular weight is 285 g/mol. The number of carbonyl (C=O) groups is 1. The molecule has 0 atom stereocenters. The third kappa shape index (κ3) is 2.35. The van der Waals surface area contributed by atoms with Crippen molar-refractivity contribution in [3.8, 4) is 5.69 Å². The van der Waals surface area contributed by atoms with Crippen molar-refractivity contribution >= 4 is 29.2 Å². The summed E-state index contributed by atoms with van der Waals surface area (Å²) in [6.45, 7) is 2.03. The normalized spacial score (nSPS) is 10.4. The molecule has 0 saturated heterocycles. The molecule has 4 nitrogen and oxygen atoms in total. The summed E-state index contributed by atoms with van der Waals surface area (Å²) in [6.07, 6.45) is 1.49. The van der Waals surface area contributed by atoms with Crippen LogP contribution in [0.1, 0.15) is 17.4 Å². The van der Waals surface area contributed by atoms with Crippen LogP contribution in [0.2, 0.25) is 10.0 Å². The van der Waals surface area contributed by atoms with E-state index in [0.717, 1.165) is 0 Å². The number of rotatable bonds is 3. The lowest BCUT2D eigenvalue weighted by Gasteiger charge is -2.10. The van der Waals surface area contributed by atoms with Crippen molar-refractivity contribution in [3.63, 3.8) is 0 Å². The van der Waals surface area contributed by atoms with Crippen LogP contribution in [-0.2, 0) is 4.74 Å². The van der Waals surface area contributed by atoms with Gasteiger partial charge in [-0.15, -0.1) is 0 Å². The first-order chi connectivity index (χ1) is 8.65. The Labute approximate surface area is 114 Å². The molecule has 0 radical (unpaired) electrons. The summed E-state index contributed by atoms with van der Waals surface area (Å²) >= 11 is 12.2. The van der Waals surface area contributed by atoms with Crippen molar-refractivity contribution < 1.29 is 9.53 Å². The van der Waals surface area contributed by atoms with E-state index in [9.17, 15) is 4.79 Å². The van der Waals surface area contributed by atoms with Crippen molar-refractivity contribution in [1.29, 1.82) is 0 Å². The standard InChI is InChI=1S/C12H10Cl2N2O2/c1-2-18-12(17)10-6-7-15-16(10)11-8(13)4-3-5-9(11)14/h3-7H,2H2,1H3. The second kappa shape index (κ2) is 5.42. The summed E-state index contributed by atoms with van der Waals surface area (Å²) in [6, 6.07) is 6.64. The largest absolute Gasteiger partial charge is 0.461 e. The first kappa shape index (κ1) is 12.9. The van der Waals surface area contributed by atoms with E-state index in [1.54, 1.807) is 31.2 Å². The van der Waals surface area contributed by atoms with Gasteiger partial charge in [-0.05, 0) is 25.1 Å². The highest BCUT2D eigenvalue weighted by Gasteiger charge is 2.18. The fourth-order valence-electron chi connectivity index (χ4n) is 1.53. The van der Waals surface area contributed by atoms with Crippen molar-refractivity contribution in [1.82, 2.24) is 9.78 Å². The number of halogens is 2. The van der Waals surface area contributed by atoms with Crippen molar-refractivity contribution in [2.24, 2.45) is 0 Å². The zero-order chi connectivity index (χ0) is 13.1. The minimum atomic E-state index is -0.467. The van der Waals surface area contributed by atoms with Gasteiger partial charge in [0.25, 0.3) is 0 Å². The number of aromatic nitrogens is 2. The molecule has 1 aromatic heterocycles. The molecule has 94 valence electrons. The molecule has 0 aliphatic heterocycles. The summed E-state index contributed by atoms with van der Waals surface area (Å²) in [5.74, 6) is -0.467. The lowest BCUT2D eigenvalue weighted by Crippen LogP contribution is -2.12. The second-order valence-corrected chi connectivity index (χ2v) is 4.23. The first-order valence-electron chi connectivity index (χ1n) is 5.30. The second-order valence-electron chi connectivity index (χ2n) is 3.42. The Morgan fingerprint density at radius 3 is 2.61 bits per heavy atom. The molecule has 0 fully saturated rings. The molecule has 0 amide bonds. The smallest absolute Gasteiger partial charge is 0.357 e. The highest BCUT2D eigenvalue weighted by atomic mass is 35.5. The van der Waals surface area contributed by atoms with E-state index in [0.29, 0.717) is 22.3 Å². The SMILES string of the molecule is CCOC(=O)c1ccnn1-c1c(Cl)cccc1Cl. The number of carbonyl (C=O) groups excluding carboxylic acids is 1. The highest BCUT2D eigenvalue weighted by molar-refractivity contribution is 6.37. The maximum atomic E-state index is 11.8. The van der Waals surface area contributed by atoms with Gasteiger partial charge in [-0.25, -0.2) is 9.48 Å². The number of ether oxygens (including phenoxy) is 1. The number of benzene rings is 1. The Balaban J connectivity index is 2.52. The fourth-order valence-corrected chi connectivity index (χ4v) is 2.09. The highest BCUT2D eigenvalue weighted by Crippen LogP contribution is 2.28. The number of nitrogens with zero attached hydrogens (tertiary/aromatic N) is 2. The van der Waals surface area contributed by atoms with Crippen molar-refractivity contribution in [2.75, 3.05) is 6.61 Å². The van der Waals surface area contributed by atoms with Gasteiger partial charge in [0.15, 0.2) is 5.69 Å². The van der Waals surface area contributed by atoms with Crippen LogP contribution < -0.4 is 0 Å². The third-order valence-corrected chi connectivity index (χ3v) is 2.89. The van der Waals surface area contributed by atoms with Crippen LogP contribution in [0, 0.1) is 0 Å². The summed E-state index contributed by atoms with van der Waals surface area (Å²) in [4.78, 5) is 11.8. The monoisotopic (exact) mass is 284 g/mol. The molecule has 0 aliphatic rings. The molecular formula is C12H10Cl2N2O2. The Hall–Kier alpha value is -1.52. The van der Waals surface area contributed by atoms with Gasteiger partial charge >= 0.3 is 5.97 Å². The maximum absolute atomic E-state index is 11.8. The van der Waals surface area contributed by atoms with Crippen LogP contribution in [-0.4, -0.2) is 22.4 Å². The number of hydrogen-bond acceptors (Lipinski definition) is 3. The Kier molecular flexibility index (Phi) is 3.89. The van der Waals surface area contributed by atoms with Gasteiger partial charge in [0.05, 0.1) is 22.8 Å². The van der Waals surface area contributed by atoms with Crippen LogP contribution in [0.15, 0.2) is 30.5 Å². The van der Waals surface area contributed by atoms with Crippen LogP contribution in [0.4, 0.5) is 0 Å². The van der Waals surface area contributed by atoms with Crippen LogP contribution in [0.3, 0.4) is 0 Å². The summed E-state index contributed by atoms with van der Waals surface area (Å²) in [5.41, 5.74) is 0.751. The molecule has 18 heavy (non-hydrogen) atoms. The van der Waals surface area contributed by atoms with Gasteiger partial charge in [0.1, 0.15) is 5.69 Å². The van der Waals surface area contributed by atoms with E-state index in [4.69, 9.17) is 27.9 Å². The summed E-state index contributed by atoms with van der Waals surface area (Å²) in [7, 11) is 0. The van der Waals surface area contributed by atoms with Crippen molar-refractivity contribution in [3.05, 3.63) is 46.2 Å². The molecule has 2 aromatic rings. The quantitative estimate of drug-likeness (QED) is 0.812. The Morgan fingerprint density at radius 1 is 1.33 bits per heavy atom. The van der Waals surface area contributed by atoms with E-state index in [2.05, 4.69) is 5.10 Å². The van der Waals surface area contributed by atoms with E-state index in [1.165, 1.54) is 10.9 Å². The van der Waals surface area contributed by atoms with Crippen LogP contribution in [0.25, 0.3) is 5.69 Å². The topological polar surface area (TPSA) is 44.1 Å².